The molecule has 0 aliphatic carbocycles. The second-order valence-corrected chi connectivity index (χ2v) is 6.07. The molecule has 1 heterocycles. The third kappa shape index (κ3) is 2.50. The fourth-order valence-corrected chi connectivity index (χ4v) is 2.21. The fraction of sp³-hybridized carbons (Fsp3) is 0.533. The quantitative estimate of drug-likeness (QED) is 0.919. The molecule has 0 aliphatic heterocycles. The summed E-state index contributed by atoms with van der Waals surface area (Å²) >= 11 is 0. The maximum atomic E-state index is 13.9. The minimum atomic E-state index is -0.283. The summed E-state index contributed by atoms with van der Waals surface area (Å²) in [7, 11) is 0. The van der Waals surface area contributed by atoms with Gasteiger partial charge in [-0.2, -0.15) is 0 Å². The zero-order valence-corrected chi connectivity index (χ0v) is 12.1. The Balaban J connectivity index is 2.66. The molecule has 3 nitrogen and oxygen atoms in total. The van der Waals surface area contributed by atoms with Gasteiger partial charge in [-0.25, -0.2) is 9.37 Å². The summed E-state index contributed by atoms with van der Waals surface area (Å²) in [5.41, 5.74) is 7.46. The van der Waals surface area contributed by atoms with Crippen molar-refractivity contribution in [3.8, 4) is 0 Å². The average molecular weight is 263 g/mol. The Morgan fingerprint density at radius 2 is 2.05 bits per heavy atom. The highest BCUT2D eigenvalue weighted by Crippen LogP contribution is 2.32. The van der Waals surface area contributed by atoms with E-state index in [9.17, 15) is 4.39 Å². The Hall–Kier alpha value is -1.42. The van der Waals surface area contributed by atoms with E-state index in [1.54, 1.807) is 6.07 Å². The lowest BCUT2D eigenvalue weighted by molar-refractivity contribution is 0.308. The fourth-order valence-electron chi connectivity index (χ4n) is 2.21. The molecule has 2 rings (SSSR count). The van der Waals surface area contributed by atoms with E-state index in [-0.39, 0.29) is 17.3 Å². The van der Waals surface area contributed by atoms with Crippen molar-refractivity contribution in [3.63, 3.8) is 0 Å². The smallest absolute Gasteiger partial charge is 0.151 e. The molecule has 1 atom stereocenters. The molecule has 0 saturated carbocycles. The van der Waals surface area contributed by atoms with Gasteiger partial charge in [0.1, 0.15) is 11.3 Å². The van der Waals surface area contributed by atoms with Gasteiger partial charge >= 0.3 is 0 Å². The number of hydrogen-bond acceptors (Lipinski definition) is 2. The van der Waals surface area contributed by atoms with Crippen LogP contribution in [0.3, 0.4) is 0 Å². The van der Waals surface area contributed by atoms with Crippen LogP contribution in [0.5, 0.6) is 0 Å². The summed E-state index contributed by atoms with van der Waals surface area (Å²) in [5.74, 6) is 0.490. The van der Waals surface area contributed by atoms with Gasteiger partial charge in [-0.05, 0) is 24.0 Å². The molecule has 0 aliphatic rings. The molecular formula is C15H22FN3. The maximum Gasteiger partial charge on any atom is 0.151 e. The molecule has 4 heteroatoms. The third-order valence-electron chi connectivity index (χ3n) is 3.42. The SMILES string of the molecule is CCCn1c(C(N)C(C)(C)C)nc2c(F)cccc21. The van der Waals surface area contributed by atoms with Crippen LogP contribution in [-0.4, -0.2) is 9.55 Å². The van der Waals surface area contributed by atoms with Crippen molar-refractivity contribution in [2.75, 3.05) is 0 Å². The normalized spacial score (nSPS) is 14.0. The van der Waals surface area contributed by atoms with Crippen LogP contribution < -0.4 is 5.73 Å². The van der Waals surface area contributed by atoms with Crippen LogP contribution in [0.4, 0.5) is 4.39 Å². The molecular weight excluding hydrogens is 241 g/mol. The van der Waals surface area contributed by atoms with Gasteiger partial charge < -0.3 is 10.3 Å². The van der Waals surface area contributed by atoms with Gasteiger partial charge in [-0.15, -0.1) is 0 Å². The van der Waals surface area contributed by atoms with E-state index in [0.29, 0.717) is 5.52 Å². The number of nitrogens with two attached hydrogens (primary N) is 1. The van der Waals surface area contributed by atoms with Crippen molar-refractivity contribution in [1.29, 1.82) is 0 Å². The van der Waals surface area contributed by atoms with Crippen LogP contribution in [0, 0.1) is 11.2 Å². The molecule has 1 aromatic carbocycles. The van der Waals surface area contributed by atoms with Gasteiger partial charge in [0.25, 0.3) is 0 Å². The Morgan fingerprint density at radius 1 is 1.37 bits per heavy atom. The molecule has 0 amide bonds. The summed E-state index contributed by atoms with van der Waals surface area (Å²) in [5, 5.41) is 0. The zero-order valence-electron chi connectivity index (χ0n) is 12.1. The van der Waals surface area contributed by atoms with Crippen molar-refractivity contribution >= 4 is 11.0 Å². The van der Waals surface area contributed by atoms with E-state index in [1.165, 1.54) is 6.07 Å². The van der Waals surface area contributed by atoms with E-state index in [0.717, 1.165) is 24.3 Å². The number of aryl methyl sites for hydroxylation is 1. The number of para-hydroxylation sites is 1. The van der Waals surface area contributed by atoms with Gasteiger partial charge in [0.2, 0.25) is 0 Å². The lowest BCUT2D eigenvalue weighted by Crippen LogP contribution is -2.29. The first kappa shape index (κ1) is 14.0. The van der Waals surface area contributed by atoms with Crippen LogP contribution in [-0.2, 0) is 6.54 Å². The predicted octanol–water partition coefficient (Wildman–Crippen LogP) is 3.63. The molecule has 0 saturated heterocycles. The molecule has 2 N–H and O–H groups in total. The highest BCUT2D eigenvalue weighted by atomic mass is 19.1. The Bertz CT molecular complexity index is 581. The minimum absolute atomic E-state index is 0.108. The minimum Gasteiger partial charge on any atom is -0.327 e. The number of rotatable bonds is 3. The summed E-state index contributed by atoms with van der Waals surface area (Å²) in [6.45, 7) is 9.12. The van der Waals surface area contributed by atoms with E-state index < -0.39 is 0 Å². The first-order chi connectivity index (χ1) is 8.86. The Kier molecular flexibility index (Phi) is 3.63. The number of nitrogens with zero attached hydrogens (tertiary/aromatic N) is 2. The number of benzene rings is 1. The lowest BCUT2D eigenvalue weighted by Gasteiger charge is -2.27. The first-order valence-corrected chi connectivity index (χ1v) is 6.76. The summed E-state index contributed by atoms with van der Waals surface area (Å²) < 4.78 is 15.9. The number of imidazole rings is 1. The molecule has 19 heavy (non-hydrogen) atoms. The van der Waals surface area contributed by atoms with E-state index in [2.05, 4.69) is 32.7 Å². The van der Waals surface area contributed by atoms with Crippen molar-refractivity contribution in [2.45, 2.75) is 46.7 Å². The van der Waals surface area contributed by atoms with Crippen LogP contribution >= 0.6 is 0 Å². The molecule has 104 valence electrons. The standard InChI is InChI=1S/C15H22FN3/c1-5-9-19-11-8-6-7-10(16)12(11)18-14(19)13(17)15(2,3)4/h6-8,13H,5,9,17H2,1-4H3. The predicted molar refractivity (Wildman–Crippen MR) is 76.4 cm³/mol. The van der Waals surface area contributed by atoms with Gasteiger partial charge in [0, 0.05) is 6.54 Å². The highest BCUT2D eigenvalue weighted by molar-refractivity contribution is 5.76. The average Bonchev–Trinajstić information content (AvgIpc) is 2.68. The van der Waals surface area contributed by atoms with Gasteiger partial charge in [-0.3, -0.25) is 0 Å². The van der Waals surface area contributed by atoms with Crippen LogP contribution in [0.1, 0.15) is 46.0 Å². The van der Waals surface area contributed by atoms with Crippen molar-refractivity contribution in [3.05, 3.63) is 29.8 Å². The number of hydrogen-bond donors (Lipinski definition) is 1. The largest absolute Gasteiger partial charge is 0.327 e. The summed E-state index contributed by atoms with van der Waals surface area (Å²) in [4.78, 5) is 4.46. The van der Waals surface area contributed by atoms with Crippen LogP contribution in [0.15, 0.2) is 18.2 Å². The third-order valence-corrected chi connectivity index (χ3v) is 3.42. The monoisotopic (exact) mass is 263 g/mol. The highest BCUT2D eigenvalue weighted by Gasteiger charge is 2.28. The molecule has 0 bridgehead atoms. The zero-order chi connectivity index (χ0) is 14.2. The molecule has 2 aromatic rings. The molecule has 1 unspecified atom stereocenters. The van der Waals surface area contributed by atoms with Crippen molar-refractivity contribution < 1.29 is 4.39 Å². The van der Waals surface area contributed by atoms with Crippen LogP contribution in [0.25, 0.3) is 11.0 Å². The second kappa shape index (κ2) is 4.93. The number of halogens is 1. The molecule has 0 fully saturated rings. The molecule has 0 spiro atoms. The van der Waals surface area contributed by atoms with E-state index in [1.807, 2.05) is 10.6 Å². The van der Waals surface area contributed by atoms with Crippen molar-refractivity contribution in [1.82, 2.24) is 9.55 Å². The Labute approximate surface area is 113 Å². The second-order valence-electron chi connectivity index (χ2n) is 6.07. The van der Waals surface area contributed by atoms with Crippen molar-refractivity contribution in [2.24, 2.45) is 11.1 Å². The van der Waals surface area contributed by atoms with Gasteiger partial charge in [0.15, 0.2) is 5.82 Å². The van der Waals surface area contributed by atoms with E-state index in [4.69, 9.17) is 5.73 Å². The first-order valence-electron chi connectivity index (χ1n) is 6.76. The molecule has 1 aromatic heterocycles. The number of aromatic nitrogens is 2. The van der Waals surface area contributed by atoms with Gasteiger partial charge in [-0.1, -0.05) is 33.8 Å². The number of fused-ring (bicyclic) bond motifs is 1. The lowest BCUT2D eigenvalue weighted by atomic mass is 9.87. The summed E-state index contributed by atoms with van der Waals surface area (Å²) in [6, 6.07) is 4.85. The Morgan fingerprint density at radius 3 is 2.63 bits per heavy atom. The topological polar surface area (TPSA) is 43.8 Å². The summed E-state index contributed by atoms with van der Waals surface area (Å²) in [6.07, 6.45) is 0.964. The van der Waals surface area contributed by atoms with Gasteiger partial charge in [0.05, 0.1) is 11.6 Å². The maximum absolute atomic E-state index is 13.9. The van der Waals surface area contributed by atoms with Crippen LogP contribution in [0.2, 0.25) is 0 Å². The molecule has 0 radical (unpaired) electrons. The van der Waals surface area contributed by atoms with E-state index >= 15 is 0 Å².